The largest absolute Gasteiger partial charge is 0.460 e. The molecule has 0 spiro atoms. The van der Waals surface area contributed by atoms with E-state index in [-0.39, 0.29) is 42.4 Å². The third-order valence-corrected chi connectivity index (χ3v) is 6.81. The topological polar surface area (TPSA) is 107 Å². The van der Waals surface area contributed by atoms with Crippen molar-refractivity contribution in [3.05, 3.63) is 46.9 Å². The molecule has 2 aromatic rings. The van der Waals surface area contributed by atoms with Crippen molar-refractivity contribution >= 4 is 33.8 Å². The SMILES string of the molecule is Cc1cc(F)ccc1-c1nc(N(C)S(C)(=O)=O)nc(C(C)C)c1/C=C/C(=O)C[C@@H](C)CC(=O)OC(C)(C)C. The van der Waals surface area contributed by atoms with E-state index in [4.69, 9.17) is 4.74 Å². The smallest absolute Gasteiger partial charge is 0.306 e. The number of ketones is 1. The predicted octanol–water partition coefficient (Wildman–Crippen LogP) is 5.45. The van der Waals surface area contributed by atoms with E-state index in [0.29, 0.717) is 28.1 Å². The number of nitrogens with zero attached hydrogens (tertiary/aromatic N) is 3. The maximum Gasteiger partial charge on any atom is 0.306 e. The van der Waals surface area contributed by atoms with Crippen LogP contribution in [0.3, 0.4) is 0 Å². The number of anilines is 1. The number of hydrogen-bond donors (Lipinski definition) is 0. The van der Waals surface area contributed by atoms with Gasteiger partial charge in [0, 0.05) is 31.0 Å². The van der Waals surface area contributed by atoms with Crippen molar-refractivity contribution in [1.82, 2.24) is 9.97 Å². The summed E-state index contributed by atoms with van der Waals surface area (Å²) >= 11 is 0. The maximum absolute atomic E-state index is 13.9. The molecule has 0 radical (unpaired) electrons. The monoisotopic (exact) mass is 547 g/mol. The fourth-order valence-corrected chi connectivity index (χ4v) is 4.17. The molecule has 1 heterocycles. The molecule has 0 aliphatic rings. The molecule has 1 aromatic carbocycles. The van der Waals surface area contributed by atoms with Crippen molar-refractivity contribution < 1.29 is 27.1 Å². The zero-order chi connectivity index (χ0) is 29.0. The zero-order valence-corrected chi connectivity index (χ0v) is 24.4. The van der Waals surface area contributed by atoms with Gasteiger partial charge >= 0.3 is 5.97 Å². The van der Waals surface area contributed by atoms with Crippen LogP contribution in [0.4, 0.5) is 10.3 Å². The Morgan fingerprint density at radius 1 is 1.13 bits per heavy atom. The molecule has 1 aromatic heterocycles. The number of allylic oxidation sites excluding steroid dienone is 1. The van der Waals surface area contributed by atoms with E-state index in [1.165, 1.54) is 25.3 Å². The maximum atomic E-state index is 13.9. The second-order valence-electron chi connectivity index (χ2n) is 10.9. The summed E-state index contributed by atoms with van der Waals surface area (Å²) < 4.78 is 44.7. The first-order valence-electron chi connectivity index (χ1n) is 12.4. The summed E-state index contributed by atoms with van der Waals surface area (Å²) in [5.41, 5.74) is 2.05. The van der Waals surface area contributed by atoms with Gasteiger partial charge in [-0.3, -0.25) is 9.59 Å². The van der Waals surface area contributed by atoms with Crippen molar-refractivity contribution in [1.29, 1.82) is 0 Å². The minimum absolute atomic E-state index is 0.0237. The summed E-state index contributed by atoms with van der Waals surface area (Å²) in [6.07, 6.45) is 4.33. The summed E-state index contributed by atoms with van der Waals surface area (Å²) in [5.74, 6) is -1.38. The Morgan fingerprint density at radius 3 is 2.29 bits per heavy atom. The van der Waals surface area contributed by atoms with E-state index in [1.807, 2.05) is 13.8 Å². The molecule has 38 heavy (non-hydrogen) atoms. The molecule has 0 saturated heterocycles. The Kier molecular flexibility index (Phi) is 9.94. The highest BCUT2D eigenvalue weighted by atomic mass is 32.2. The van der Waals surface area contributed by atoms with Crippen molar-refractivity contribution in [2.24, 2.45) is 5.92 Å². The van der Waals surface area contributed by atoms with Crippen LogP contribution in [-0.2, 0) is 24.3 Å². The highest BCUT2D eigenvalue weighted by Gasteiger charge is 2.23. The highest BCUT2D eigenvalue weighted by molar-refractivity contribution is 7.92. The van der Waals surface area contributed by atoms with Gasteiger partial charge in [0.1, 0.15) is 11.4 Å². The summed E-state index contributed by atoms with van der Waals surface area (Å²) in [7, 11) is -2.29. The van der Waals surface area contributed by atoms with Gasteiger partial charge in [0.05, 0.1) is 17.6 Å². The van der Waals surface area contributed by atoms with Gasteiger partial charge in [-0.05, 0) is 75.4 Å². The van der Waals surface area contributed by atoms with E-state index < -0.39 is 21.4 Å². The van der Waals surface area contributed by atoms with Gasteiger partial charge in [0.25, 0.3) is 0 Å². The number of benzene rings is 1. The van der Waals surface area contributed by atoms with Crippen molar-refractivity contribution in [3.63, 3.8) is 0 Å². The van der Waals surface area contributed by atoms with Gasteiger partial charge in [0.15, 0.2) is 5.78 Å². The fourth-order valence-electron chi connectivity index (χ4n) is 3.79. The molecule has 1 atom stereocenters. The van der Waals surface area contributed by atoms with Crippen molar-refractivity contribution in [3.8, 4) is 11.3 Å². The number of carbonyl (C=O) groups excluding carboxylic acids is 2. The minimum atomic E-state index is -3.65. The Balaban J connectivity index is 2.53. The molecule has 208 valence electrons. The number of sulfonamides is 1. The number of rotatable bonds is 10. The van der Waals surface area contributed by atoms with Crippen LogP contribution in [-0.4, -0.2) is 49.0 Å². The fraction of sp³-hybridized carbons (Fsp3) is 0.500. The summed E-state index contributed by atoms with van der Waals surface area (Å²) in [5, 5.41) is 0. The van der Waals surface area contributed by atoms with Gasteiger partial charge in [0.2, 0.25) is 16.0 Å². The van der Waals surface area contributed by atoms with Gasteiger partial charge in [-0.25, -0.2) is 27.1 Å². The van der Waals surface area contributed by atoms with Crippen LogP contribution in [0.5, 0.6) is 0 Å². The normalized spacial score (nSPS) is 13.1. The quantitative estimate of drug-likeness (QED) is 0.288. The number of ether oxygens (including phenoxy) is 1. The Hall–Kier alpha value is -3.14. The van der Waals surface area contributed by atoms with Gasteiger partial charge in [-0.15, -0.1) is 0 Å². The Labute approximate surface area is 225 Å². The summed E-state index contributed by atoms with van der Waals surface area (Å²) in [4.78, 5) is 34.0. The van der Waals surface area contributed by atoms with Crippen molar-refractivity contribution in [2.45, 2.75) is 72.8 Å². The lowest BCUT2D eigenvalue weighted by Gasteiger charge is -2.21. The van der Waals surface area contributed by atoms with E-state index in [0.717, 1.165) is 10.6 Å². The molecular weight excluding hydrogens is 509 g/mol. The van der Waals surface area contributed by atoms with E-state index in [2.05, 4.69) is 9.97 Å². The molecule has 0 unspecified atom stereocenters. The first kappa shape index (κ1) is 31.1. The van der Waals surface area contributed by atoms with Crippen LogP contribution in [0.15, 0.2) is 24.3 Å². The van der Waals surface area contributed by atoms with Crippen LogP contribution in [0.2, 0.25) is 0 Å². The zero-order valence-electron chi connectivity index (χ0n) is 23.6. The first-order chi connectivity index (χ1) is 17.4. The number of aromatic nitrogens is 2. The second-order valence-corrected chi connectivity index (χ2v) is 12.9. The lowest BCUT2D eigenvalue weighted by Crippen LogP contribution is -2.27. The number of hydrogen-bond acceptors (Lipinski definition) is 7. The number of halogens is 1. The number of esters is 1. The molecule has 10 heteroatoms. The average molecular weight is 548 g/mol. The summed E-state index contributed by atoms with van der Waals surface area (Å²) in [6.45, 7) is 12.7. The summed E-state index contributed by atoms with van der Waals surface area (Å²) in [6, 6.07) is 4.24. The lowest BCUT2D eigenvalue weighted by atomic mass is 9.95. The van der Waals surface area contributed by atoms with Gasteiger partial charge in [-0.1, -0.05) is 20.8 Å². The van der Waals surface area contributed by atoms with Crippen LogP contribution < -0.4 is 4.31 Å². The molecule has 0 aliphatic carbocycles. The van der Waals surface area contributed by atoms with E-state index in [1.54, 1.807) is 46.8 Å². The third-order valence-electron chi connectivity index (χ3n) is 5.65. The molecular formula is C28H38FN3O5S. The van der Waals surface area contributed by atoms with E-state index in [9.17, 15) is 22.4 Å². The molecule has 2 rings (SSSR count). The average Bonchev–Trinajstić information content (AvgIpc) is 2.74. The molecule has 0 bridgehead atoms. The molecule has 0 aliphatic heterocycles. The third kappa shape index (κ3) is 8.72. The first-order valence-corrected chi connectivity index (χ1v) is 14.3. The second kappa shape index (κ2) is 12.1. The Bertz CT molecular complexity index is 1330. The van der Waals surface area contributed by atoms with Crippen LogP contribution in [0.1, 0.15) is 77.1 Å². The van der Waals surface area contributed by atoms with Crippen LogP contribution in [0, 0.1) is 18.7 Å². The molecule has 8 nitrogen and oxygen atoms in total. The molecule has 0 amide bonds. The standard InChI is InChI=1S/C28H38FN3O5S/c1-17(2)25-23(13-11-21(33)14-18(3)15-24(34)37-28(5,6)7)26(22-12-10-20(29)16-19(22)4)31-27(30-25)32(8)38(9,35)36/h10-13,16-18H,14-15H2,1-9H3/b13-11+/t18-/m1/s1. The van der Waals surface area contributed by atoms with Crippen LogP contribution >= 0.6 is 0 Å². The lowest BCUT2D eigenvalue weighted by molar-refractivity contribution is -0.155. The highest BCUT2D eigenvalue weighted by Crippen LogP contribution is 2.33. The molecule has 0 N–H and O–H groups in total. The predicted molar refractivity (Wildman–Crippen MR) is 148 cm³/mol. The Morgan fingerprint density at radius 2 is 1.76 bits per heavy atom. The van der Waals surface area contributed by atoms with Gasteiger partial charge < -0.3 is 4.74 Å². The van der Waals surface area contributed by atoms with Gasteiger partial charge in [-0.2, -0.15) is 0 Å². The number of carbonyl (C=O) groups is 2. The van der Waals surface area contributed by atoms with Crippen molar-refractivity contribution in [2.75, 3.05) is 17.6 Å². The minimum Gasteiger partial charge on any atom is -0.460 e. The van der Waals surface area contributed by atoms with Crippen LogP contribution in [0.25, 0.3) is 17.3 Å². The number of aryl methyl sites for hydroxylation is 1. The molecule has 0 saturated carbocycles. The van der Waals surface area contributed by atoms with E-state index >= 15 is 0 Å². The molecule has 0 fully saturated rings.